The van der Waals surface area contributed by atoms with Gasteiger partial charge in [0.2, 0.25) is 5.88 Å². The fraction of sp³-hybridized carbons (Fsp3) is 0.484. The molecule has 5 atom stereocenters. The number of sulfonamides is 1. The molecule has 20 nitrogen and oxygen atoms in total. The number of ether oxygens (including phenoxy) is 6. The van der Waals surface area contributed by atoms with Crippen LogP contribution in [0, 0.1) is 33.1 Å². The molecule has 4 aromatic carbocycles. The quantitative estimate of drug-likeness (QED) is 0.0768. The number of carbonyl (C=O) groups is 1. The van der Waals surface area contributed by atoms with Crippen molar-refractivity contribution in [2.75, 3.05) is 87.5 Å². The number of halogens is 2. The number of para-hydroxylation sites is 1. The molecule has 7 aliphatic heterocycles. The topological polar surface area (TPSA) is 215 Å². The number of rotatable bonds is 12. The van der Waals surface area contributed by atoms with Crippen LogP contribution in [-0.2, 0) is 30.8 Å². The molecule has 0 radical (unpaired) electrons. The summed E-state index contributed by atoms with van der Waals surface area (Å²) in [7, 11) is -4.74. The molecule has 6 aromatic rings. The average molecular weight is 1190 g/mol. The maximum Gasteiger partial charge on any atom is 0.297 e. The predicted octanol–water partition coefficient (Wildman–Crippen LogP) is 9.32. The van der Waals surface area contributed by atoms with Crippen molar-refractivity contribution in [3.8, 4) is 17.4 Å². The maximum atomic E-state index is 15.2. The number of hydrogen-bond donors (Lipinski definition) is 3. The van der Waals surface area contributed by atoms with Gasteiger partial charge >= 0.3 is 0 Å². The van der Waals surface area contributed by atoms with Gasteiger partial charge in [-0.05, 0) is 118 Å². The van der Waals surface area contributed by atoms with Crippen LogP contribution >= 0.6 is 0 Å². The standard InChI is InChI=1S/C62H69F2N9O11S/c1-36(2)83-54-6-4-3-5-43(54)52-31-70(53-34-81-32-45-42(53)9-10-46(63)57(45)64)20-21-71(52)40-29-62(30-40)15-18-69(19-16-62)39-7-8-44(49(26-39)72-48-14-24-80-35-56(48)84-61-51(72)25-38-11-17-65-59(38)67-61)60(74)68-85(77,78)41-27-50(73(75)76)58-55(28-41)82-33-47(66-58)37-12-22-79-23-13-37/h3-11,17,25-28,36-37,40,47-48,52-53,56,66H,12-16,18-24,29-35H2,1-2H3,(H,65,67)(H,68,74)/t47-,48-,52-,53-,56-/m0/s1. The molecule has 2 aromatic heterocycles. The Morgan fingerprint density at radius 3 is 2.51 bits per heavy atom. The highest BCUT2D eigenvalue weighted by atomic mass is 32.2. The fourth-order valence-corrected chi connectivity index (χ4v) is 15.7. The Labute approximate surface area is 491 Å². The van der Waals surface area contributed by atoms with Crippen molar-refractivity contribution in [1.29, 1.82) is 0 Å². The lowest BCUT2D eigenvalue weighted by Gasteiger charge is -2.58. The van der Waals surface area contributed by atoms with Gasteiger partial charge < -0.3 is 48.5 Å². The fourth-order valence-electron chi connectivity index (χ4n) is 14.7. The molecule has 1 aliphatic carbocycles. The van der Waals surface area contributed by atoms with Gasteiger partial charge in [-0.25, -0.2) is 21.9 Å². The summed E-state index contributed by atoms with van der Waals surface area (Å²) < 4.78 is 97.4. The van der Waals surface area contributed by atoms with Crippen LogP contribution in [0.3, 0.4) is 0 Å². The number of fused-ring (bicyclic) bond motifs is 5. The summed E-state index contributed by atoms with van der Waals surface area (Å²) in [5, 5.41) is 16.7. The van der Waals surface area contributed by atoms with E-state index < -0.39 is 49.2 Å². The molecule has 14 rings (SSSR count). The van der Waals surface area contributed by atoms with Crippen molar-refractivity contribution in [2.24, 2.45) is 11.3 Å². The number of aromatic amines is 1. The van der Waals surface area contributed by atoms with Crippen LogP contribution in [0.1, 0.15) is 97.9 Å². The van der Waals surface area contributed by atoms with E-state index in [0.29, 0.717) is 68.3 Å². The van der Waals surface area contributed by atoms with Gasteiger partial charge in [0.05, 0.1) is 71.2 Å². The van der Waals surface area contributed by atoms with E-state index in [9.17, 15) is 27.7 Å². The molecular weight excluding hydrogens is 1120 g/mol. The smallest absolute Gasteiger partial charge is 0.297 e. The Morgan fingerprint density at radius 2 is 1.69 bits per heavy atom. The number of benzene rings is 4. The lowest BCUT2D eigenvalue weighted by molar-refractivity contribution is -0.384. The second-order valence-electron chi connectivity index (χ2n) is 24.4. The Bertz CT molecular complexity index is 3680. The van der Waals surface area contributed by atoms with Gasteiger partial charge in [-0.3, -0.25) is 24.7 Å². The maximum absolute atomic E-state index is 15.2. The van der Waals surface area contributed by atoms with Crippen LogP contribution in [-0.4, -0.2) is 142 Å². The SMILES string of the molecule is CC(C)Oc1ccccc1[C@@H]1CN([C@H]2COCc3c2ccc(F)c3F)CCN1C1CC2(CCN(c3ccc(C(=O)NS(=O)(=O)c4cc5c(c([N+](=O)[O-])c4)N[C@H](C4CCOCC4)CO5)c(N4c5cc6cc[nH]c6nc5O[C@H]5COCC[C@@H]54)c3)CC2)C1. The third-order valence-electron chi connectivity index (χ3n) is 19.1. The highest BCUT2D eigenvalue weighted by Gasteiger charge is 2.51. The Balaban J connectivity index is 0.739. The lowest BCUT2D eigenvalue weighted by atomic mass is 9.59. The zero-order valence-corrected chi connectivity index (χ0v) is 48.3. The summed E-state index contributed by atoms with van der Waals surface area (Å²) in [6, 6.07) is 22.2. The average Bonchev–Trinajstić information content (AvgIpc) is 2.61. The molecule has 448 valence electrons. The van der Waals surface area contributed by atoms with Gasteiger partial charge in [-0.15, -0.1) is 0 Å². The first kappa shape index (κ1) is 55.7. The highest BCUT2D eigenvalue weighted by Crippen LogP contribution is 2.55. The van der Waals surface area contributed by atoms with Crippen molar-refractivity contribution in [3.63, 3.8) is 0 Å². The number of hydrogen-bond acceptors (Lipinski definition) is 17. The highest BCUT2D eigenvalue weighted by molar-refractivity contribution is 7.90. The molecule has 1 spiro atoms. The number of pyridine rings is 1. The van der Waals surface area contributed by atoms with Gasteiger partial charge in [-0.2, -0.15) is 4.98 Å². The van der Waals surface area contributed by atoms with E-state index in [0.717, 1.165) is 98.7 Å². The Morgan fingerprint density at radius 1 is 0.882 bits per heavy atom. The summed E-state index contributed by atoms with van der Waals surface area (Å²) in [6.07, 6.45) is 7.18. The molecule has 9 heterocycles. The van der Waals surface area contributed by atoms with Gasteiger partial charge in [0.25, 0.3) is 21.6 Å². The van der Waals surface area contributed by atoms with Crippen LogP contribution in [0.5, 0.6) is 17.4 Å². The van der Waals surface area contributed by atoms with Crippen LogP contribution in [0.15, 0.2) is 90.0 Å². The number of piperidine rings is 1. The molecule has 0 bridgehead atoms. The summed E-state index contributed by atoms with van der Waals surface area (Å²) in [6.45, 7) is 10.1. The van der Waals surface area contributed by atoms with Crippen LogP contribution in [0.2, 0.25) is 0 Å². The van der Waals surface area contributed by atoms with Crippen molar-refractivity contribution in [1.82, 2.24) is 24.5 Å². The molecule has 3 N–H and O–H groups in total. The van der Waals surface area contributed by atoms with Crippen molar-refractivity contribution in [3.05, 3.63) is 129 Å². The predicted molar refractivity (Wildman–Crippen MR) is 311 cm³/mol. The lowest BCUT2D eigenvalue weighted by Crippen LogP contribution is -2.60. The Hall–Kier alpha value is -7.15. The van der Waals surface area contributed by atoms with E-state index in [1.807, 2.05) is 50.2 Å². The van der Waals surface area contributed by atoms with Crippen LogP contribution in [0.25, 0.3) is 11.0 Å². The molecule has 5 fully saturated rings. The minimum absolute atomic E-state index is 0.00729. The number of carbonyl (C=O) groups excluding carboxylic acids is 1. The first-order valence-electron chi connectivity index (χ1n) is 29.7. The molecule has 0 unspecified atom stereocenters. The number of nitrogens with one attached hydrogen (secondary N) is 3. The minimum atomic E-state index is -4.74. The van der Waals surface area contributed by atoms with E-state index in [-0.39, 0.29) is 84.0 Å². The molecule has 1 amide bonds. The number of amides is 1. The number of piperazine rings is 1. The largest absolute Gasteiger partial charge is 0.491 e. The van der Waals surface area contributed by atoms with E-state index in [2.05, 4.69) is 46.8 Å². The summed E-state index contributed by atoms with van der Waals surface area (Å²) >= 11 is 0. The van der Waals surface area contributed by atoms with E-state index in [1.165, 1.54) is 12.1 Å². The number of nitro groups is 1. The normalized spacial score (nSPS) is 24.5. The number of anilines is 4. The van der Waals surface area contributed by atoms with Crippen molar-refractivity contribution < 1.29 is 55.3 Å². The van der Waals surface area contributed by atoms with Gasteiger partial charge in [0, 0.05) is 99.1 Å². The second-order valence-corrected chi connectivity index (χ2v) is 26.1. The number of aromatic nitrogens is 2. The third-order valence-corrected chi connectivity index (χ3v) is 20.4. The number of nitrogens with zero attached hydrogens (tertiary/aromatic N) is 6. The molecule has 4 saturated heterocycles. The molecule has 8 aliphatic rings. The molecule has 1 saturated carbocycles. The molecule has 23 heteroatoms. The van der Waals surface area contributed by atoms with Crippen LogP contribution in [0.4, 0.5) is 37.2 Å². The van der Waals surface area contributed by atoms with Gasteiger partial charge in [0.15, 0.2) is 23.1 Å². The third kappa shape index (κ3) is 10.4. The number of nitro benzene ring substituents is 1. The monoisotopic (exact) mass is 1190 g/mol. The van der Waals surface area contributed by atoms with Crippen LogP contribution < -0.4 is 34.0 Å². The first-order chi connectivity index (χ1) is 41.2. The summed E-state index contributed by atoms with van der Waals surface area (Å²) in [4.78, 5) is 43.9. The van der Waals surface area contributed by atoms with Crippen molar-refractivity contribution >= 4 is 55.4 Å². The number of H-pyrrole nitrogens is 1. The van der Waals surface area contributed by atoms with E-state index in [4.69, 9.17) is 33.4 Å². The zero-order chi connectivity index (χ0) is 58.3. The van der Waals surface area contributed by atoms with Gasteiger partial charge in [-0.1, -0.05) is 24.3 Å². The summed E-state index contributed by atoms with van der Waals surface area (Å²) in [5.41, 5.74) is 4.46. The zero-order valence-electron chi connectivity index (χ0n) is 47.5. The second kappa shape index (κ2) is 22.3. The molecular formula is C62H69F2N9O11S. The van der Waals surface area contributed by atoms with Gasteiger partial charge in [0.1, 0.15) is 29.8 Å². The first-order valence-corrected chi connectivity index (χ1v) is 31.2. The van der Waals surface area contributed by atoms with E-state index in [1.54, 1.807) is 18.3 Å². The Kier molecular flexibility index (Phi) is 14.6. The minimum Gasteiger partial charge on any atom is -0.491 e. The van der Waals surface area contributed by atoms with E-state index >= 15 is 4.39 Å². The van der Waals surface area contributed by atoms with Crippen molar-refractivity contribution in [2.45, 2.75) is 113 Å². The molecule has 85 heavy (non-hydrogen) atoms. The summed E-state index contributed by atoms with van der Waals surface area (Å²) in [5.74, 6) is -1.31.